The number of benzene rings is 1. The lowest BCUT2D eigenvalue weighted by molar-refractivity contribution is 0.432. The molecule has 3 N–H and O–H groups in total. The fourth-order valence-electron chi connectivity index (χ4n) is 2.58. The van der Waals surface area contributed by atoms with Crippen LogP contribution < -0.4 is 5.73 Å². The van der Waals surface area contributed by atoms with Gasteiger partial charge < -0.3 is 15.6 Å². The number of nitrogens with zero attached hydrogens (tertiary/aromatic N) is 2. The number of nitrogens with two attached hydrogens (primary N) is 1. The van der Waals surface area contributed by atoms with Gasteiger partial charge in [0.15, 0.2) is 9.84 Å². The number of anilines is 1. The molecule has 0 saturated carbocycles. The van der Waals surface area contributed by atoms with E-state index in [1.54, 1.807) is 23.4 Å². The highest BCUT2D eigenvalue weighted by Gasteiger charge is 2.24. The van der Waals surface area contributed by atoms with Crippen molar-refractivity contribution in [2.24, 2.45) is 0 Å². The number of pyridine rings is 1. The van der Waals surface area contributed by atoms with E-state index in [1.165, 1.54) is 0 Å². The quantitative estimate of drug-likeness (QED) is 0.703. The second-order valence-electron chi connectivity index (χ2n) is 5.69. The van der Waals surface area contributed by atoms with Crippen LogP contribution in [-0.2, 0) is 9.84 Å². The number of nitrogen functional groups attached to an aromatic ring is 1. The summed E-state index contributed by atoms with van der Waals surface area (Å²) in [6, 6.07) is 3.48. The molecule has 8 heteroatoms. The van der Waals surface area contributed by atoms with Crippen LogP contribution in [0.2, 0.25) is 5.02 Å². The topological polar surface area (TPSA) is 92.1 Å². The molecule has 0 aliphatic rings. The summed E-state index contributed by atoms with van der Waals surface area (Å²) >= 11 is 6.26. The highest BCUT2D eigenvalue weighted by atomic mass is 35.5. The van der Waals surface area contributed by atoms with Gasteiger partial charge in [-0.2, -0.15) is 0 Å². The Hall–Kier alpha value is -1.83. The largest absolute Gasteiger partial charge is 0.396 e. The molecule has 122 valence electrons. The zero-order valence-electron chi connectivity index (χ0n) is 12.8. The highest BCUT2D eigenvalue weighted by Crippen LogP contribution is 2.38. The van der Waals surface area contributed by atoms with Crippen molar-refractivity contribution in [3.8, 4) is 0 Å². The van der Waals surface area contributed by atoms with Gasteiger partial charge in [-0.1, -0.05) is 11.6 Å². The molecule has 0 unspecified atom stereocenters. The summed E-state index contributed by atoms with van der Waals surface area (Å²) < 4.78 is 25.2. The molecular formula is C15H17ClN4O2S. The van der Waals surface area contributed by atoms with E-state index in [2.05, 4.69) is 9.97 Å². The Morgan fingerprint density at radius 3 is 2.78 bits per heavy atom. The van der Waals surface area contributed by atoms with Gasteiger partial charge in [0.2, 0.25) is 0 Å². The minimum absolute atomic E-state index is 0.00645. The van der Waals surface area contributed by atoms with Crippen LogP contribution in [0.3, 0.4) is 0 Å². The van der Waals surface area contributed by atoms with Crippen LogP contribution >= 0.6 is 11.6 Å². The van der Waals surface area contributed by atoms with E-state index in [9.17, 15) is 8.42 Å². The summed E-state index contributed by atoms with van der Waals surface area (Å²) in [5, 5.41) is 1.84. The van der Waals surface area contributed by atoms with Crippen LogP contribution in [0.1, 0.15) is 0 Å². The van der Waals surface area contributed by atoms with Crippen LogP contribution in [0.15, 0.2) is 29.4 Å². The molecule has 3 rings (SSSR count). The van der Waals surface area contributed by atoms with Crippen molar-refractivity contribution in [1.82, 2.24) is 14.9 Å². The number of nitrogens with one attached hydrogen (secondary N) is 1. The molecule has 3 aromatic rings. The maximum atomic E-state index is 12.6. The van der Waals surface area contributed by atoms with Gasteiger partial charge in [-0.05, 0) is 26.2 Å². The SMILES string of the molecule is CN(C)CCS(=O)(=O)c1c(Cl)cc2c([nH]c3cnccc32)c1N. The molecule has 0 radical (unpaired) electrons. The lowest BCUT2D eigenvalue weighted by Crippen LogP contribution is -2.22. The van der Waals surface area contributed by atoms with Crippen LogP contribution in [-0.4, -0.2) is 49.7 Å². The second-order valence-corrected chi connectivity index (χ2v) is 8.15. The van der Waals surface area contributed by atoms with Crippen molar-refractivity contribution < 1.29 is 8.42 Å². The molecule has 0 bridgehead atoms. The van der Waals surface area contributed by atoms with Crippen molar-refractivity contribution >= 4 is 48.9 Å². The molecule has 2 heterocycles. The summed E-state index contributed by atoms with van der Waals surface area (Å²) in [5.41, 5.74) is 7.66. The molecule has 0 aliphatic heterocycles. The molecular weight excluding hydrogens is 336 g/mol. The number of H-pyrrole nitrogens is 1. The fourth-order valence-corrected chi connectivity index (χ4v) is 4.75. The van der Waals surface area contributed by atoms with Gasteiger partial charge >= 0.3 is 0 Å². The normalized spacial score (nSPS) is 12.5. The number of aromatic nitrogens is 2. The minimum Gasteiger partial charge on any atom is -0.396 e. The Morgan fingerprint density at radius 2 is 2.09 bits per heavy atom. The average Bonchev–Trinajstić information content (AvgIpc) is 2.84. The Kier molecular flexibility index (Phi) is 3.95. The third-order valence-corrected chi connectivity index (χ3v) is 5.95. The van der Waals surface area contributed by atoms with Gasteiger partial charge in [-0.15, -0.1) is 0 Å². The molecule has 0 saturated heterocycles. The summed E-state index contributed by atoms with van der Waals surface area (Å²) in [6.07, 6.45) is 3.34. The minimum atomic E-state index is -3.58. The summed E-state index contributed by atoms with van der Waals surface area (Å²) in [5.74, 6) is -0.0444. The van der Waals surface area contributed by atoms with E-state index in [4.69, 9.17) is 17.3 Å². The third kappa shape index (κ3) is 2.75. The van der Waals surface area contributed by atoms with Gasteiger partial charge in [0.05, 0.1) is 33.7 Å². The number of aromatic amines is 1. The van der Waals surface area contributed by atoms with E-state index >= 15 is 0 Å². The van der Waals surface area contributed by atoms with E-state index in [-0.39, 0.29) is 21.4 Å². The highest BCUT2D eigenvalue weighted by molar-refractivity contribution is 7.91. The molecule has 2 aromatic heterocycles. The monoisotopic (exact) mass is 352 g/mol. The van der Waals surface area contributed by atoms with E-state index in [0.717, 1.165) is 16.3 Å². The Morgan fingerprint density at radius 1 is 1.35 bits per heavy atom. The lowest BCUT2D eigenvalue weighted by Gasteiger charge is -2.13. The predicted molar refractivity (Wildman–Crippen MR) is 93.6 cm³/mol. The van der Waals surface area contributed by atoms with Crippen molar-refractivity contribution in [2.75, 3.05) is 32.1 Å². The van der Waals surface area contributed by atoms with Crippen LogP contribution in [0, 0.1) is 0 Å². The molecule has 0 aliphatic carbocycles. The zero-order valence-corrected chi connectivity index (χ0v) is 14.4. The van der Waals surface area contributed by atoms with Gasteiger partial charge in [0.25, 0.3) is 0 Å². The van der Waals surface area contributed by atoms with E-state index < -0.39 is 9.84 Å². The lowest BCUT2D eigenvalue weighted by atomic mass is 10.1. The standard InChI is InChI=1S/C15H17ClN4O2S/c1-20(2)5-6-23(21,22)15-11(16)7-10-9-3-4-18-8-12(9)19-14(10)13(15)17/h3-4,7-8,19H,5-6,17H2,1-2H3. The number of hydrogen-bond acceptors (Lipinski definition) is 5. The first-order chi connectivity index (χ1) is 10.8. The molecule has 1 aromatic carbocycles. The van der Waals surface area contributed by atoms with E-state index in [1.807, 2.05) is 20.2 Å². The number of sulfone groups is 1. The average molecular weight is 353 g/mol. The number of halogens is 1. The maximum Gasteiger partial charge on any atom is 0.183 e. The first-order valence-electron chi connectivity index (χ1n) is 7.02. The first-order valence-corrected chi connectivity index (χ1v) is 9.05. The number of fused-ring (bicyclic) bond motifs is 3. The summed E-state index contributed by atoms with van der Waals surface area (Å²) in [4.78, 5) is 8.98. The molecule has 6 nitrogen and oxygen atoms in total. The van der Waals surface area contributed by atoms with Gasteiger partial charge in [0, 0.05) is 23.5 Å². The Balaban J connectivity index is 2.24. The number of rotatable bonds is 4. The van der Waals surface area contributed by atoms with Crippen molar-refractivity contribution in [3.63, 3.8) is 0 Å². The summed E-state index contributed by atoms with van der Waals surface area (Å²) in [7, 11) is 0.0479. The van der Waals surface area contributed by atoms with Crippen molar-refractivity contribution in [2.45, 2.75) is 4.90 Å². The van der Waals surface area contributed by atoms with Crippen molar-refractivity contribution in [1.29, 1.82) is 0 Å². The maximum absolute atomic E-state index is 12.6. The number of hydrogen-bond donors (Lipinski definition) is 2. The molecule has 23 heavy (non-hydrogen) atoms. The Bertz CT molecular complexity index is 996. The molecule has 0 spiro atoms. The van der Waals surface area contributed by atoms with Crippen LogP contribution in [0.25, 0.3) is 21.8 Å². The van der Waals surface area contributed by atoms with Crippen LogP contribution in [0.5, 0.6) is 0 Å². The van der Waals surface area contributed by atoms with Gasteiger partial charge in [0.1, 0.15) is 4.90 Å². The molecule has 0 amide bonds. The molecule has 0 fully saturated rings. The predicted octanol–water partition coefficient (Wildman–Crippen LogP) is 2.29. The first kappa shape index (κ1) is 16.0. The summed E-state index contributed by atoms with van der Waals surface area (Å²) in [6.45, 7) is 0.396. The van der Waals surface area contributed by atoms with E-state index in [0.29, 0.717) is 12.1 Å². The second kappa shape index (κ2) is 5.67. The smallest absolute Gasteiger partial charge is 0.183 e. The van der Waals surface area contributed by atoms with Crippen LogP contribution in [0.4, 0.5) is 5.69 Å². The van der Waals surface area contributed by atoms with Gasteiger partial charge in [-0.25, -0.2) is 8.42 Å². The third-order valence-electron chi connectivity index (χ3n) is 3.76. The Labute approximate surface area is 139 Å². The molecule has 0 atom stereocenters. The fraction of sp³-hybridized carbons (Fsp3) is 0.267. The van der Waals surface area contributed by atoms with Gasteiger partial charge in [-0.3, -0.25) is 4.98 Å². The zero-order chi connectivity index (χ0) is 16.8. The van der Waals surface area contributed by atoms with Crippen molar-refractivity contribution in [3.05, 3.63) is 29.5 Å².